The molecule has 0 radical (unpaired) electrons. The molecule has 8 heteroatoms. The van der Waals surface area contributed by atoms with Crippen LogP contribution in [0, 0.1) is 5.92 Å². The number of halogens is 1. The number of nitrogens with one attached hydrogen (secondary N) is 2. The number of anilines is 1. The van der Waals surface area contributed by atoms with Crippen LogP contribution in [0.25, 0.3) is 0 Å². The first kappa shape index (κ1) is 17.1. The van der Waals surface area contributed by atoms with E-state index in [1.807, 2.05) is 24.3 Å². The Morgan fingerprint density at radius 2 is 2.00 bits per heavy atom. The van der Waals surface area contributed by atoms with Crippen molar-refractivity contribution in [2.45, 2.75) is 6.42 Å². The molecule has 1 aliphatic heterocycles. The van der Waals surface area contributed by atoms with Gasteiger partial charge >= 0.3 is 0 Å². The van der Waals surface area contributed by atoms with Gasteiger partial charge in [-0.25, -0.2) is 0 Å². The minimum atomic E-state index is -0.532. The van der Waals surface area contributed by atoms with E-state index in [-0.39, 0.29) is 24.6 Å². The van der Waals surface area contributed by atoms with E-state index in [9.17, 15) is 14.4 Å². The number of carbonyl (C=O) groups excluding carboxylic acids is 3. The summed E-state index contributed by atoms with van der Waals surface area (Å²) in [6.45, 7) is 0.264. The normalized spacial score (nSPS) is 16.6. The standard InChI is InChI=1S/C17H15BrN4O3/c18-12-4-3-5-13(9-12)22-10-11(8-15(22)23)16(24)20-21-17(25)14-6-1-2-7-19-14/h1-7,9,11H,8,10H2,(H,20,24)(H,21,25)/t11-/m0/s1. The molecule has 1 saturated heterocycles. The van der Waals surface area contributed by atoms with Crippen molar-refractivity contribution in [3.05, 3.63) is 58.8 Å². The number of benzene rings is 1. The molecule has 1 atom stereocenters. The molecule has 1 aromatic carbocycles. The van der Waals surface area contributed by atoms with Gasteiger partial charge in [0.05, 0.1) is 5.92 Å². The van der Waals surface area contributed by atoms with Crippen LogP contribution in [0.15, 0.2) is 53.1 Å². The Bertz CT molecular complexity index is 813. The average Bonchev–Trinajstić information content (AvgIpc) is 3.02. The number of carbonyl (C=O) groups is 3. The van der Waals surface area contributed by atoms with Crippen LogP contribution in [0.1, 0.15) is 16.9 Å². The van der Waals surface area contributed by atoms with Crippen molar-refractivity contribution in [1.29, 1.82) is 0 Å². The van der Waals surface area contributed by atoms with Crippen LogP contribution in [0.3, 0.4) is 0 Å². The van der Waals surface area contributed by atoms with Gasteiger partial charge in [-0.3, -0.25) is 30.2 Å². The highest BCUT2D eigenvalue weighted by atomic mass is 79.9. The number of hydrogen-bond acceptors (Lipinski definition) is 4. The summed E-state index contributed by atoms with van der Waals surface area (Å²) in [5, 5.41) is 0. The molecule has 2 N–H and O–H groups in total. The summed E-state index contributed by atoms with van der Waals surface area (Å²) in [7, 11) is 0. The van der Waals surface area contributed by atoms with Crippen LogP contribution in [0.5, 0.6) is 0 Å². The molecule has 3 rings (SSSR count). The van der Waals surface area contributed by atoms with Crippen LogP contribution in [0.2, 0.25) is 0 Å². The van der Waals surface area contributed by atoms with Crippen LogP contribution in [-0.2, 0) is 9.59 Å². The lowest BCUT2D eigenvalue weighted by Crippen LogP contribution is -2.45. The molecule has 128 valence electrons. The van der Waals surface area contributed by atoms with E-state index in [1.165, 1.54) is 12.3 Å². The van der Waals surface area contributed by atoms with Crippen molar-refractivity contribution in [2.24, 2.45) is 5.92 Å². The molecule has 0 aliphatic carbocycles. The second-order valence-corrected chi connectivity index (χ2v) is 6.46. The monoisotopic (exact) mass is 402 g/mol. The SMILES string of the molecule is O=C(NNC(=O)[C@H]1CC(=O)N(c2cccc(Br)c2)C1)c1ccccn1. The van der Waals surface area contributed by atoms with Gasteiger partial charge in [0.25, 0.3) is 5.91 Å². The summed E-state index contributed by atoms with van der Waals surface area (Å²) in [4.78, 5) is 41.8. The van der Waals surface area contributed by atoms with Gasteiger partial charge in [-0.1, -0.05) is 28.1 Å². The fourth-order valence-electron chi connectivity index (χ4n) is 2.56. The van der Waals surface area contributed by atoms with Crippen molar-refractivity contribution < 1.29 is 14.4 Å². The highest BCUT2D eigenvalue weighted by molar-refractivity contribution is 9.10. The summed E-state index contributed by atoms with van der Waals surface area (Å²) >= 11 is 3.37. The molecule has 25 heavy (non-hydrogen) atoms. The predicted molar refractivity (Wildman–Crippen MR) is 94.4 cm³/mol. The Kier molecular flexibility index (Phi) is 5.08. The molecule has 7 nitrogen and oxygen atoms in total. The third kappa shape index (κ3) is 4.03. The van der Waals surface area contributed by atoms with Gasteiger partial charge in [0.2, 0.25) is 11.8 Å². The average molecular weight is 403 g/mol. The van der Waals surface area contributed by atoms with Gasteiger partial charge in [-0.2, -0.15) is 0 Å². The molecule has 1 fully saturated rings. The van der Waals surface area contributed by atoms with Crippen LogP contribution in [0.4, 0.5) is 5.69 Å². The fraction of sp³-hybridized carbons (Fsp3) is 0.176. The molecule has 3 amide bonds. The van der Waals surface area contributed by atoms with E-state index in [0.29, 0.717) is 0 Å². The number of hydrazine groups is 1. The zero-order valence-electron chi connectivity index (χ0n) is 13.1. The van der Waals surface area contributed by atoms with Crippen molar-refractivity contribution >= 4 is 39.3 Å². The van der Waals surface area contributed by atoms with E-state index in [2.05, 4.69) is 31.8 Å². The third-order valence-electron chi connectivity index (χ3n) is 3.81. The lowest BCUT2D eigenvalue weighted by Gasteiger charge is -2.17. The van der Waals surface area contributed by atoms with Gasteiger partial charge in [0.1, 0.15) is 5.69 Å². The Labute approximate surface area is 152 Å². The minimum Gasteiger partial charge on any atom is -0.312 e. The van der Waals surface area contributed by atoms with Crippen LogP contribution in [-0.4, -0.2) is 29.3 Å². The van der Waals surface area contributed by atoms with Gasteiger partial charge in [-0.05, 0) is 30.3 Å². The Morgan fingerprint density at radius 1 is 1.16 bits per heavy atom. The van der Waals surface area contributed by atoms with Crippen molar-refractivity contribution in [1.82, 2.24) is 15.8 Å². The zero-order chi connectivity index (χ0) is 17.8. The second-order valence-electron chi connectivity index (χ2n) is 5.54. The van der Waals surface area contributed by atoms with Crippen molar-refractivity contribution in [3.63, 3.8) is 0 Å². The van der Waals surface area contributed by atoms with Gasteiger partial charge in [0.15, 0.2) is 0 Å². The summed E-state index contributed by atoms with van der Waals surface area (Å²) < 4.78 is 0.855. The lowest BCUT2D eigenvalue weighted by atomic mass is 10.1. The number of aromatic nitrogens is 1. The van der Waals surface area contributed by atoms with Crippen molar-refractivity contribution in [3.8, 4) is 0 Å². The number of rotatable bonds is 3. The van der Waals surface area contributed by atoms with Crippen LogP contribution >= 0.6 is 15.9 Å². The smallest absolute Gasteiger partial charge is 0.288 e. The molecule has 0 bridgehead atoms. The molecular formula is C17H15BrN4O3. The first-order valence-corrected chi connectivity index (χ1v) is 8.41. The maximum atomic E-state index is 12.2. The lowest BCUT2D eigenvalue weighted by molar-refractivity contribution is -0.126. The zero-order valence-corrected chi connectivity index (χ0v) is 14.7. The maximum Gasteiger partial charge on any atom is 0.288 e. The molecule has 0 saturated carbocycles. The van der Waals surface area contributed by atoms with Gasteiger partial charge in [-0.15, -0.1) is 0 Å². The van der Waals surface area contributed by atoms with E-state index in [1.54, 1.807) is 17.0 Å². The molecule has 0 unspecified atom stereocenters. The first-order chi connectivity index (χ1) is 12.0. The first-order valence-electron chi connectivity index (χ1n) is 7.62. The number of amides is 3. The minimum absolute atomic E-state index is 0.0950. The van der Waals surface area contributed by atoms with E-state index in [0.717, 1.165) is 10.2 Å². The summed E-state index contributed by atoms with van der Waals surface area (Å²) in [6, 6.07) is 12.2. The Morgan fingerprint density at radius 3 is 2.72 bits per heavy atom. The van der Waals surface area contributed by atoms with Crippen molar-refractivity contribution in [2.75, 3.05) is 11.4 Å². The van der Waals surface area contributed by atoms with Gasteiger partial charge < -0.3 is 4.90 Å². The Hall–Kier alpha value is -2.74. The molecule has 2 heterocycles. The maximum absolute atomic E-state index is 12.2. The molecule has 0 spiro atoms. The fourth-order valence-corrected chi connectivity index (χ4v) is 2.95. The number of hydrogen-bond donors (Lipinski definition) is 2. The largest absolute Gasteiger partial charge is 0.312 e. The molecule has 1 aliphatic rings. The topological polar surface area (TPSA) is 91.4 Å². The molecule has 1 aromatic heterocycles. The van der Waals surface area contributed by atoms with Crippen LogP contribution < -0.4 is 15.8 Å². The molecule has 2 aromatic rings. The van der Waals surface area contributed by atoms with E-state index in [4.69, 9.17) is 0 Å². The van der Waals surface area contributed by atoms with Gasteiger partial charge in [0, 0.05) is 29.3 Å². The van der Waals surface area contributed by atoms with E-state index < -0.39 is 17.7 Å². The number of nitrogens with zero attached hydrogens (tertiary/aromatic N) is 2. The second kappa shape index (κ2) is 7.43. The predicted octanol–water partition coefficient (Wildman–Crippen LogP) is 1.66. The third-order valence-corrected chi connectivity index (χ3v) is 4.31. The number of pyridine rings is 1. The highest BCUT2D eigenvalue weighted by Crippen LogP contribution is 2.27. The Balaban J connectivity index is 1.58. The molecular weight excluding hydrogens is 388 g/mol. The summed E-state index contributed by atoms with van der Waals surface area (Å²) in [6.07, 6.45) is 1.58. The summed E-state index contributed by atoms with van der Waals surface area (Å²) in [5.41, 5.74) is 5.60. The highest BCUT2D eigenvalue weighted by Gasteiger charge is 2.35. The quantitative estimate of drug-likeness (QED) is 0.763. The van der Waals surface area contributed by atoms with E-state index >= 15 is 0 Å². The summed E-state index contributed by atoms with van der Waals surface area (Å²) in [5.74, 6) is -1.58.